The molecule has 2 aromatic carbocycles. The SMILES string of the molecule is COc1ccccc1OCC(=O)NCC#CCOc1cccc(NC(C)=O)c1. The number of carbonyl (C=O) groups excluding carboxylic acids is 2. The van der Waals surface area contributed by atoms with Gasteiger partial charge in [-0.05, 0) is 24.3 Å². The van der Waals surface area contributed by atoms with E-state index in [0.717, 1.165) is 0 Å². The van der Waals surface area contributed by atoms with Crippen LogP contribution in [0.4, 0.5) is 5.69 Å². The Bertz CT molecular complexity index is 870. The number of nitrogens with one attached hydrogen (secondary N) is 2. The molecule has 0 fully saturated rings. The van der Waals surface area contributed by atoms with E-state index in [0.29, 0.717) is 22.9 Å². The lowest BCUT2D eigenvalue weighted by Crippen LogP contribution is -2.29. The van der Waals surface area contributed by atoms with Gasteiger partial charge in [0.1, 0.15) is 12.4 Å². The molecule has 0 radical (unpaired) electrons. The van der Waals surface area contributed by atoms with Gasteiger partial charge in [0, 0.05) is 18.7 Å². The fraction of sp³-hybridized carbons (Fsp3) is 0.238. The molecule has 2 amide bonds. The summed E-state index contributed by atoms with van der Waals surface area (Å²) < 4.78 is 16.1. The van der Waals surface area contributed by atoms with E-state index in [1.54, 1.807) is 42.5 Å². The molecule has 0 aliphatic rings. The molecule has 0 aliphatic heterocycles. The quantitative estimate of drug-likeness (QED) is 0.684. The monoisotopic (exact) mass is 382 g/mol. The Labute approximate surface area is 164 Å². The zero-order valence-electron chi connectivity index (χ0n) is 15.8. The molecular formula is C21H22N2O5. The van der Waals surface area contributed by atoms with Crippen LogP contribution in [0.3, 0.4) is 0 Å². The standard InChI is InChI=1S/C21H22N2O5/c1-16(24)23-17-8-7-9-18(14-17)27-13-6-5-12-22-21(25)15-28-20-11-4-3-10-19(20)26-2/h3-4,7-11,14H,12-13,15H2,1-2H3,(H,22,25)(H,23,24). The maximum Gasteiger partial charge on any atom is 0.258 e. The van der Waals surface area contributed by atoms with Crippen molar-refractivity contribution >= 4 is 17.5 Å². The van der Waals surface area contributed by atoms with Gasteiger partial charge >= 0.3 is 0 Å². The highest BCUT2D eigenvalue weighted by molar-refractivity contribution is 5.88. The number of methoxy groups -OCH3 is 1. The number of carbonyl (C=O) groups is 2. The summed E-state index contributed by atoms with van der Waals surface area (Å²) in [6.07, 6.45) is 0. The molecule has 2 rings (SSSR count). The maximum atomic E-state index is 11.8. The largest absolute Gasteiger partial charge is 0.493 e. The van der Waals surface area contributed by atoms with Crippen LogP contribution in [0.2, 0.25) is 0 Å². The van der Waals surface area contributed by atoms with Crippen LogP contribution < -0.4 is 24.8 Å². The Balaban J connectivity index is 1.68. The van der Waals surface area contributed by atoms with Crippen molar-refractivity contribution in [2.75, 3.05) is 32.2 Å². The van der Waals surface area contributed by atoms with E-state index in [9.17, 15) is 9.59 Å². The van der Waals surface area contributed by atoms with Crippen LogP contribution in [-0.4, -0.2) is 38.7 Å². The highest BCUT2D eigenvalue weighted by atomic mass is 16.5. The minimum Gasteiger partial charge on any atom is -0.493 e. The lowest BCUT2D eigenvalue weighted by Gasteiger charge is -2.09. The number of ether oxygens (including phenoxy) is 3. The molecule has 0 heterocycles. The van der Waals surface area contributed by atoms with E-state index in [1.807, 2.05) is 6.07 Å². The smallest absolute Gasteiger partial charge is 0.258 e. The molecule has 0 aromatic heterocycles. The lowest BCUT2D eigenvalue weighted by molar-refractivity contribution is -0.122. The number of anilines is 1. The van der Waals surface area contributed by atoms with Gasteiger partial charge in [-0.1, -0.05) is 30.0 Å². The Morgan fingerprint density at radius 1 is 1.00 bits per heavy atom. The van der Waals surface area contributed by atoms with E-state index in [-0.39, 0.29) is 31.6 Å². The van der Waals surface area contributed by atoms with Crippen LogP contribution >= 0.6 is 0 Å². The van der Waals surface area contributed by atoms with Crippen LogP contribution in [0.5, 0.6) is 17.2 Å². The number of amides is 2. The van der Waals surface area contributed by atoms with E-state index >= 15 is 0 Å². The summed E-state index contributed by atoms with van der Waals surface area (Å²) in [5.41, 5.74) is 0.653. The second kappa shape index (κ2) is 11.1. The third-order valence-electron chi connectivity index (χ3n) is 3.39. The van der Waals surface area contributed by atoms with E-state index in [4.69, 9.17) is 14.2 Å². The molecule has 28 heavy (non-hydrogen) atoms. The number of para-hydroxylation sites is 2. The second-order valence-corrected chi connectivity index (χ2v) is 5.57. The minimum absolute atomic E-state index is 0.130. The third kappa shape index (κ3) is 7.30. The zero-order valence-corrected chi connectivity index (χ0v) is 15.8. The molecular weight excluding hydrogens is 360 g/mol. The van der Waals surface area contributed by atoms with Crippen LogP contribution in [0.25, 0.3) is 0 Å². The molecule has 146 valence electrons. The van der Waals surface area contributed by atoms with Crippen LogP contribution in [0, 0.1) is 11.8 Å². The third-order valence-corrected chi connectivity index (χ3v) is 3.39. The van der Waals surface area contributed by atoms with Crippen LogP contribution in [-0.2, 0) is 9.59 Å². The first-order valence-electron chi connectivity index (χ1n) is 8.57. The molecule has 0 unspecified atom stereocenters. The summed E-state index contributed by atoms with van der Waals surface area (Å²) in [6, 6.07) is 14.1. The molecule has 7 nitrogen and oxygen atoms in total. The highest BCUT2D eigenvalue weighted by Gasteiger charge is 2.05. The Morgan fingerprint density at radius 3 is 2.54 bits per heavy atom. The van der Waals surface area contributed by atoms with Gasteiger partial charge in [0.2, 0.25) is 5.91 Å². The van der Waals surface area contributed by atoms with Crippen molar-refractivity contribution in [1.82, 2.24) is 5.32 Å². The van der Waals surface area contributed by atoms with E-state index < -0.39 is 0 Å². The normalized spacial score (nSPS) is 9.50. The Hall–Kier alpha value is -3.66. The van der Waals surface area contributed by atoms with Gasteiger partial charge in [-0.2, -0.15) is 0 Å². The number of rotatable bonds is 8. The summed E-state index contributed by atoms with van der Waals surface area (Å²) in [5.74, 6) is 6.82. The highest BCUT2D eigenvalue weighted by Crippen LogP contribution is 2.25. The molecule has 0 aliphatic carbocycles. The van der Waals surface area contributed by atoms with Gasteiger partial charge in [-0.15, -0.1) is 0 Å². The van der Waals surface area contributed by atoms with Crippen molar-refractivity contribution in [3.8, 4) is 29.1 Å². The van der Waals surface area contributed by atoms with Crippen molar-refractivity contribution in [3.05, 3.63) is 48.5 Å². The molecule has 0 saturated heterocycles. The summed E-state index contributed by atoms with van der Waals surface area (Å²) >= 11 is 0. The van der Waals surface area contributed by atoms with Crippen molar-refractivity contribution in [3.63, 3.8) is 0 Å². The average Bonchev–Trinajstić information content (AvgIpc) is 2.69. The number of benzene rings is 2. The zero-order chi connectivity index (χ0) is 20.2. The molecule has 7 heteroatoms. The van der Waals surface area contributed by atoms with Gasteiger partial charge in [0.05, 0.1) is 13.7 Å². The molecule has 0 bridgehead atoms. The first kappa shape index (κ1) is 20.6. The second-order valence-electron chi connectivity index (χ2n) is 5.57. The molecule has 0 atom stereocenters. The summed E-state index contributed by atoms with van der Waals surface area (Å²) in [7, 11) is 1.54. The van der Waals surface area contributed by atoms with Gasteiger partial charge < -0.3 is 24.8 Å². The molecule has 2 N–H and O–H groups in total. The predicted molar refractivity (Wildman–Crippen MR) is 106 cm³/mol. The number of hydrogen-bond acceptors (Lipinski definition) is 5. The predicted octanol–water partition coefficient (Wildman–Crippen LogP) is 2.23. The Kier molecular flexibility index (Phi) is 8.21. The van der Waals surface area contributed by atoms with Crippen molar-refractivity contribution in [1.29, 1.82) is 0 Å². The van der Waals surface area contributed by atoms with E-state index in [1.165, 1.54) is 14.0 Å². The summed E-state index contributed by atoms with van der Waals surface area (Å²) in [5, 5.41) is 5.32. The minimum atomic E-state index is -0.288. The van der Waals surface area contributed by atoms with E-state index in [2.05, 4.69) is 22.5 Å². The molecule has 0 spiro atoms. The first-order chi connectivity index (χ1) is 13.6. The van der Waals surface area contributed by atoms with Crippen molar-refractivity contribution < 1.29 is 23.8 Å². The first-order valence-corrected chi connectivity index (χ1v) is 8.57. The Morgan fingerprint density at radius 2 is 1.79 bits per heavy atom. The van der Waals surface area contributed by atoms with Gasteiger partial charge in [0.25, 0.3) is 5.91 Å². The molecule has 0 saturated carbocycles. The van der Waals surface area contributed by atoms with Crippen LogP contribution in [0.15, 0.2) is 48.5 Å². The van der Waals surface area contributed by atoms with Gasteiger partial charge in [-0.25, -0.2) is 0 Å². The van der Waals surface area contributed by atoms with Gasteiger partial charge in [-0.3, -0.25) is 9.59 Å². The summed E-state index contributed by atoms with van der Waals surface area (Å²) in [6.45, 7) is 1.66. The lowest BCUT2D eigenvalue weighted by atomic mass is 10.3. The van der Waals surface area contributed by atoms with Crippen LogP contribution in [0.1, 0.15) is 6.92 Å². The molecule has 2 aromatic rings. The maximum absolute atomic E-state index is 11.8. The summed E-state index contributed by atoms with van der Waals surface area (Å²) in [4.78, 5) is 22.8. The van der Waals surface area contributed by atoms with Crippen molar-refractivity contribution in [2.45, 2.75) is 6.92 Å². The number of hydrogen-bond donors (Lipinski definition) is 2. The average molecular weight is 382 g/mol. The van der Waals surface area contributed by atoms with Gasteiger partial charge in [0.15, 0.2) is 18.1 Å². The fourth-order valence-electron chi connectivity index (χ4n) is 2.18. The van der Waals surface area contributed by atoms with Crippen molar-refractivity contribution in [2.24, 2.45) is 0 Å². The fourth-order valence-corrected chi connectivity index (χ4v) is 2.18. The topological polar surface area (TPSA) is 85.9 Å².